The summed E-state index contributed by atoms with van der Waals surface area (Å²) in [6.45, 7) is 2.50. The predicted molar refractivity (Wildman–Crippen MR) is 74.1 cm³/mol. The molecule has 1 heterocycles. The standard InChI is InChI=1S/C12H17BO11/c1-3-8(21-7(2)14)4-19-11(16)23-13-24-12(17)20-6-9-5-18-10(15)22-9/h8-9,13H,3-6H2,1-2H3. The Morgan fingerprint density at radius 1 is 1.25 bits per heavy atom. The molecule has 1 rings (SSSR count). The molecule has 12 heteroatoms. The first-order valence-electron chi connectivity index (χ1n) is 7.00. The largest absolute Gasteiger partial charge is 0.585 e. The van der Waals surface area contributed by atoms with Crippen LogP contribution in [0.5, 0.6) is 0 Å². The fraction of sp³-hybridized carbons (Fsp3) is 0.667. The maximum absolute atomic E-state index is 11.2. The third kappa shape index (κ3) is 8.10. The Balaban J connectivity index is 2.08. The molecule has 134 valence electrons. The number of carbonyl (C=O) groups excluding carboxylic acids is 4. The lowest BCUT2D eigenvalue weighted by atomic mass is 10.3. The fourth-order valence-corrected chi connectivity index (χ4v) is 1.45. The first kappa shape index (κ1) is 19.4. The van der Waals surface area contributed by atoms with Gasteiger partial charge >= 0.3 is 32.1 Å². The van der Waals surface area contributed by atoms with Crippen LogP contribution in [-0.2, 0) is 37.8 Å². The second-order valence-corrected chi connectivity index (χ2v) is 4.47. The van der Waals surface area contributed by atoms with Crippen LogP contribution in [-0.4, -0.2) is 64.1 Å². The van der Waals surface area contributed by atoms with Crippen molar-refractivity contribution < 1.29 is 52.2 Å². The molecule has 0 amide bonds. The molecule has 0 bridgehead atoms. The van der Waals surface area contributed by atoms with E-state index in [0.29, 0.717) is 6.42 Å². The number of cyclic esters (lactones) is 2. The average Bonchev–Trinajstić information content (AvgIpc) is 2.94. The van der Waals surface area contributed by atoms with Gasteiger partial charge in [-0.3, -0.25) is 4.79 Å². The number of rotatable bonds is 8. The molecule has 0 aromatic heterocycles. The van der Waals surface area contributed by atoms with Gasteiger partial charge in [0.15, 0.2) is 6.10 Å². The zero-order valence-corrected chi connectivity index (χ0v) is 13.2. The molecular weight excluding hydrogens is 331 g/mol. The van der Waals surface area contributed by atoms with Crippen LogP contribution in [0.1, 0.15) is 20.3 Å². The molecule has 0 spiro atoms. The quantitative estimate of drug-likeness (QED) is 0.343. The van der Waals surface area contributed by atoms with Crippen LogP contribution in [0.3, 0.4) is 0 Å². The lowest BCUT2D eigenvalue weighted by Crippen LogP contribution is -2.26. The summed E-state index contributed by atoms with van der Waals surface area (Å²) in [7, 11) is -0.733. The third-order valence-electron chi connectivity index (χ3n) is 2.57. The second-order valence-electron chi connectivity index (χ2n) is 4.47. The topological polar surface area (TPSA) is 133 Å². The molecule has 0 aromatic carbocycles. The van der Waals surface area contributed by atoms with Gasteiger partial charge in [0.25, 0.3) is 0 Å². The van der Waals surface area contributed by atoms with Crippen molar-refractivity contribution in [3.63, 3.8) is 0 Å². The van der Waals surface area contributed by atoms with E-state index in [9.17, 15) is 19.2 Å². The molecule has 0 radical (unpaired) electrons. The van der Waals surface area contributed by atoms with Crippen molar-refractivity contribution >= 4 is 32.1 Å². The van der Waals surface area contributed by atoms with Gasteiger partial charge in [0.1, 0.15) is 25.9 Å². The Morgan fingerprint density at radius 3 is 2.46 bits per heavy atom. The monoisotopic (exact) mass is 348 g/mol. The summed E-state index contributed by atoms with van der Waals surface area (Å²) in [5.74, 6) is -0.497. The van der Waals surface area contributed by atoms with Crippen LogP contribution < -0.4 is 0 Å². The fourth-order valence-electron chi connectivity index (χ4n) is 1.45. The summed E-state index contributed by atoms with van der Waals surface area (Å²) < 4.78 is 32.2. The zero-order chi connectivity index (χ0) is 17.9. The van der Waals surface area contributed by atoms with E-state index in [0.717, 1.165) is 0 Å². The number of ether oxygens (including phenoxy) is 5. The van der Waals surface area contributed by atoms with Gasteiger partial charge in [0.05, 0.1) is 0 Å². The van der Waals surface area contributed by atoms with E-state index in [1.54, 1.807) is 6.92 Å². The third-order valence-corrected chi connectivity index (χ3v) is 2.57. The molecule has 2 atom stereocenters. The van der Waals surface area contributed by atoms with Crippen molar-refractivity contribution in [3.05, 3.63) is 0 Å². The van der Waals surface area contributed by atoms with Gasteiger partial charge in [0, 0.05) is 6.92 Å². The lowest BCUT2D eigenvalue weighted by molar-refractivity contribution is -0.148. The number of esters is 1. The van der Waals surface area contributed by atoms with Crippen molar-refractivity contribution in [3.8, 4) is 0 Å². The molecule has 2 unspecified atom stereocenters. The van der Waals surface area contributed by atoms with Crippen LogP contribution in [0.15, 0.2) is 0 Å². The van der Waals surface area contributed by atoms with Crippen LogP contribution in [0.4, 0.5) is 14.4 Å². The molecule has 0 saturated carbocycles. The predicted octanol–water partition coefficient (Wildman–Crippen LogP) is 0.436. The minimum absolute atomic E-state index is 0.0319. The van der Waals surface area contributed by atoms with E-state index in [-0.39, 0.29) is 19.8 Å². The average molecular weight is 348 g/mol. The highest BCUT2D eigenvalue weighted by Gasteiger charge is 2.26. The highest BCUT2D eigenvalue weighted by atomic mass is 16.8. The van der Waals surface area contributed by atoms with Crippen LogP contribution >= 0.6 is 0 Å². The van der Waals surface area contributed by atoms with E-state index in [1.165, 1.54) is 6.92 Å². The van der Waals surface area contributed by atoms with E-state index in [1.807, 2.05) is 0 Å². The Kier molecular flexibility index (Phi) is 8.23. The van der Waals surface area contributed by atoms with Crippen molar-refractivity contribution in [2.45, 2.75) is 32.5 Å². The Bertz CT molecular complexity index is 466. The highest BCUT2D eigenvalue weighted by molar-refractivity contribution is 6.24. The molecule has 11 nitrogen and oxygen atoms in total. The maximum atomic E-state index is 11.2. The second kappa shape index (κ2) is 10.2. The van der Waals surface area contributed by atoms with E-state index in [2.05, 4.69) is 28.3 Å². The first-order chi connectivity index (χ1) is 11.4. The molecule has 1 fully saturated rings. The van der Waals surface area contributed by atoms with Crippen LogP contribution in [0, 0.1) is 0 Å². The molecule has 0 N–H and O–H groups in total. The normalized spacial score (nSPS) is 16.9. The smallest absolute Gasteiger partial charge is 0.469 e. The van der Waals surface area contributed by atoms with Gasteiger partial charge in [-0.05, 0) is 6.42 Å². The summed E-state index contributed by atoms with van der Waals surface area (Å²) in [6, 6.07) is 0. The van der Waals surface area contributed by atoms with Crippen LogP contribution in [0.2, 0.25) is 0 Å². The molecule has 0 aliphatic carbocycles. The maximum Gasteiger partial charge on any atom is 0.585 e. The summed E-state index contributed by atoms with van der Waals surface area (Å²) in [6.07, 6.45) is -3.92. The first-order valence-corrected chi connectivity index (χ1v) is 7.00. The molecule has 0 aromatic rings. The summed E-state index contributed by atoms with van der Waals surface area (Å²) in [5, 5.41) is 0. The Labute approximate surface area is 137 Å². The van der Waals surface area contributed by atoms with Gasteiger partial charge in [-0.1, -0.05) is 6.92 Å². The molecule has 24 heavy (non-hydrogen) atoms. The van der Waals surface area contributed by atoms with E-state index >= 15 is 0 Å². The van der Waals surface area contributed by atoms with Gasteiger partial charge in [-0.25, -0.2) is 14.4 Å². The van der Waals surface area contributed by atoms with Crippen molar-refractivity contribution in [1.82, 2.24) is 0 Å². The zero-order valence-electron chi connectivity index (χ0n) is 13.2. The Morgan fingerprint density at radius 2 is 1.92 bits per heavy atom. The molecule has 1 saturated heterocycles. The SMILES string of the molecule is CCC(COC(=O)OBOC(=O)OCC1COC(=O)O1)OC(C)=O. The Hall–Kier alpha value is -2.66. The van der Waals surface area contributed by atoms with Gasteiger partial charge in [-0.2, -0.15) is 0 Å². The van der Waals surface area contributed by atoms with Gasteiger partial charge < -0.3 is 33.0 Å². The lowest BCUT2D eigenvalue weighted by Gasteiger charge is -2.14. The van der Waals surface area contributed by atoms with E-state index < -0.39 is 44.3 Å². The van der Waals surface area contributed by atoms with Crippen molar-refractivity contribution in [1.29, 1.82) is 0 Å². The van der Waals surface area contributed by atoms with Crippen LogP contribution in [0.25, 0.3) is 0 Å². The highest BCUT2D eigenvalue weighted by Crippen LogP contribution is 2.06. The summed E-state index contributed by atoms with van der Waals surface area (Å²) in [4.78, 5) is 43.8. The molecule has 1 aliphatic heterocycles. The van der Waals surface area contributed by atoms with Crippen molar-refractivity contribution in [2.75, 3.05) is 19.8 Å². The summed E-state index contributed by atoms with van der Waals surface area (Å²) >= 11 is 0. The van der Waals surface area contributed by atoms with Crippen molar-refractivity contribution in [2.24, 2.45) is 0 Å². The number of hydrogen-bond donors (Lipinski definition) is 0. The number of hydrogen-bond acceptors (Lipinski definition) is 11. The van der Waals surface area contributed by atoms with Gasteiger partial charge in [0.2, 0.25) is 0 Å². The minimum atomic E-state index is -1.13. The number of carbonyl (C=O) groups is 4. The summed E-state index contributed by atoms with van der Waals surface area (Å²) in [5.41, 5.74) is 0. The van der Waals surface area contributed by atoms with E-state index in [4.69, 9.17) is 4.74 Å². The molecule has 1 aliphatic rings. The molecular formula is C12H17BO11. The van der Waals surface area contributed by atoms with Gasteiger partial charge in [-0.15, -0.1) is 0 Å². The minimum Gasteiger partial charge on any atom is -0.469 e.